The molecule has 1 heterocycles. The van der Waals surface area contributed by atoms with Crippen molar-refractivity contribution in [3.05, 3.63) is 23.8 Å². The Morgan fingerprint density at radius 2 is 1.84 bits per heavy atom. The molecule has 1 fully saturated rings. The molecule has 19 heavy (non-hydrogen) atoms. The number of likely N-dealkylation sites (N-methyl/N-ethyl adjacent to an activating group) is 1. The van der Waals surface area contributed by atoms with Crippen LogP contribution < -0.4 is 0 Å². The average Bonchev–Trinajstić information content (AvgIpc) is 2.52. The van der Waals surface area contributed by atoms with Crippen LogP contribution >= 0.6 is 0 Å². The van der Waals surface area contributed by atoms with Crippen molar-refractivity contribution >= 4 is 11.8 Å². The molecule has 0 saturated carbocycles. The van der Waals surface area contributed by atoms with Crippen LogP contribution in [0.15, 0.2) is 18.2 Å². The van der Waals surface area contributed by atoms with E-state index in [4.69, 9.17) is 0 Å². The van der Waals surface area contributed by atoms with Gasteiger partial charge in [0.1, 0.15) is 23.6 Å². The second-order valence-corrected chi connectivity index (χ2v) is 4.57. The maximum Gasteiger partial charge on any atom is 0.261 e. The van der Waals surface area contributed by atoms with Crippen LogP contribution in [-0.4, -0.2) is 58.5 Å². The van der Waals surface area contributed by atoms with Gasteiger partial charge in [0.05, 0.1) is 0 Å². The quantitative estimate of drug-likeness (QED) is 0.769. The molecule has 0 bridgehead atoms. The zero-order chi connectivity index (χ0) is 14.0. The first-order chi connectivity index (χ1) is 9.00. The second kappa shape index (κ2) is 5.17. The van der Waals surface area contributed by atoms with Crippen LogP contribution in [0, 0.1) is 0 Å². The molecule has 1 aromatic rings. The molecule has 6 heteroatoms. The minimum atomic E-state index is -0.528. The smallest absolute Gasteiger partial charge is 0.261 e. The van der Waals surface area contributed by atoms with E-state index in [1.165, 1.54) is 23.1 Å². The van der Waals surface area contributed by atoms with Crippen LogP contribution in [0.25, 0.3) is 0 Å². The molecule has 2 rings (SSSR count). The van der Waals surface area contributed by atoms with Gasteiger partial charge < -0.3 is 20.0 Å². The zero-order valence-corrected chi connectivity index (χ0v) is 10.7. The number of aromatic hydroxyl groups is 2. The lowest BCUT2D eigenvalue weighted by molar-refractivity contribution is -0.129. The highest BCUT2D eigenvalue weighted by atomic mass is 16.3. The summed E-state index contributed by atoms with van der Waals surface area (Å²) < 4.78 is 0. The maximum absolute atomic E-state index is 12.3. The van der Waals surface area contributed by atoms with Crippen LogP contribution in [0.1, 0.15) is 16.8 Å². The standard InChI is InChI=1S/C13H16N2O4/c1-14-6-3-7-15(8-11(14)18)13(19)12-9(16)4-2-5-10(12)17/h2,4-5,16-17H,3,6-8H2,1H3. The summed E-state index contributed by atoms with van der Waals surface area (Å²) in [5, 5.41) is 19.4. The van der Waals surface area contributed by atoms with Crippen LogP contribution in [0.2, 0.25) is 0 Å². The SMILES string of the molecule is CN1CCCN(C(=O)c2c(O)cccc2O)CC1=O. The Labute approximate surface area is 110 Å². The summed E-state index contributed by atoms with van der Waals surface area (Å²) in [6, 6.07) is 4.11. The molecule has 0 radical (unpaired) electrons. The number of phenolic OH excluding ortho intramolecular Hbond substituents is 2. The molecule has 0 atom stereocenters. The average molecular weight is 264 g/mol. The van der Waals surface area contributed by atoms with Gasteiger partial charge in [-0.2, -0.15) is 0 Å². The third-order valence-corrected chi connectivity index (χ3v) is 3.19. The highest BCUT2D eigenvalue weighted by Gasteiger charge is 2.27. The van der Waals surface area contributed by atoms with E-state index in [9.17, 15) is 19.8 Å². The number of hydrogen-bond donors (Lipinski definition) is 2. The van der Waals surface area contributed by atoms with E-state index in [1.54, 1.807) is 11.9 Å². The Bertz CT molecular complexity index is 495. The Morgan fingerprint density at radius 1 is 1.21 bits per heavy atom. The molecule has 1 aliphatic rings. The number of carbonyl (C=O) groups is 2. The van der Waals surface area contributed by atoms with E-state index in [0.717, 1.165) is 0 Å². The van der Waals surface area contributed by atoms with Crippen molar-refractivity contribution in [2.75, 3.05) is 26.7 Å². The lowest BCUT2D eigenvalue weighted by Crippen LogP contribution is -2.38. The summed E-state index contributed by atoms with van der Waals surface area (Å²) in [6.07, 6.45) is 0.669. The topological polar surface area (TPSA) is 81.1 Å². The minimum absolute atomic E-state index is 0.0386. The van der Waals surface area contributed by atoms with Crippen molar-refractivity contribution in [3.63, 3.8) is 0 Å². The van der Waals surface area contributed by atoms with Gasteiger partial charge in [0.25, 0.3) is 5.91 Å². The van der Waals surface area contributed by atoms with Gasteiger partial charge in [-0.15, -0.1) is 0 Å². The van der Waals surface area contributed by atoms with Crippen molar-refractivity contribution in [1.29, 1.82) is 0 Å². The summed E-state index contributed by atoms with van der Waals surface area (Å²) in [6.45, 7) is 0.973. The predicted octanol–water partition coefficient (Wildman–Crippen LogP) is 0.402. The molecule has 2 N–H and O–H groups in total. The monoisotopic (exact) mass is 264 g/mol. The van der Waals surface area contributed by atoms with E-state index in [0.29, 0.717) is 19.5 Å². The Hall–Kier alpha value is -2.24. The highest BCUT2D eigenvalue weighted by Crippen LogP contribution is 2.28. The van der Waals surface area contributed by atoms with E-state index in [2.05, 4.69) is 0 Å². The van der Waals surface area contributed by atoms with Crippen LogP contribution in [-0.2, 0) is 4.79 Å². The van der Waals surface area contributed by atoms with Gasteiger partial charge in [-0.1, -0.05) is 6.07 Å². The molecule has 0 spiro atoms. The first kappa shape index (κ1) is 13.2. The molecule has 0 aromatic heterocycles. The molecule has 0 unspecified atom stereocenters. The number of nitrogens with zero attached hydrogens (tertiary/aromatic N) is 2. The highest BCUT2D eigenvalue weighted by molar-refractivity contribution is 6.01. The van der Waals surface area contributed by atoms with Crippen molar-refractivity contribution in [2.24, 2.45) is 0 Å². The van der Waals surface area contributed by atoms with Gasteiger partial charge in [-0.05, 0) is 18.6 Å². The number of amides is 2. The van der Waals surface area contributed by atoms with Gasteiger partial charge >= 0.3 is 0 Å². The number of benzene rings is 1. The van der Waals surface area contributed by atoms with Crippen LogP contribution in [0.5, 0.6) is 11.5 Å². The van der Waals surface area contributed by atoms with Crippen molar-refractivity contribution < 1.29 is 19.8 Å². The summed E-state index contributed by atoms with van der Waals surface area (Å²) in [5.41, 5.74) is -0.153. The molecule has 1 saturated heterocycles. The van der Waals surface area contributed by atoms with Gasteiger partial charge in [0, 0.05) is 20.1 Å². The fourth-order valence-electron chi connectivity index (χ4n) is 2.07. The van der Waals surface area contributed by atoms with Gasteiger partial charge in [0.15, 0.2) is 0 Å². The third kappa shape index (κ3) is 2.62. The molecular formula is C13H16N2O4. The summed E-state index contributed by atoms with van der Waals surface area (Å²) in [4.78, 5) is 26.9. The van der Waals surface area contributed by atoms with Crippen molar-refractivity contribution in [1.82, 2.24) is 9.80 Å². The van der Waals surface area contributed by atoms with E-state index < -0.39 is 5.91 Å². The summed E-state index contributed by atoms with van der Waals surface area (Å²) in [5.74, 6) is -1.25. The predicted molar refractivity (Wildman–Crippen MR) is 67.9 cm³/mol. The summed E-state index contributed by atoms with van der Waals surface area (Å²) in [7, 11) is 1.69. The van der Waals surface area contributed by atoms with Crippen LogP contribution in [0.4, 0.5) is 0 Å². The largest absolute Gasteiger partial charge is 0.507 e. The Kier molecular flexibility index (Phi) is 3.59. The first-order valence-electron chi connectivity index (χ1n) is 6.05. The molecule has 2 amide bonds. The van der Waals surface area contributed by atoms with E-state index in [-0.39, 0.29) is 29.5 Å². The number of phenols is 2. The number of hydrogen-bond acceptors (Lipinski definition) is 4. The first-order valence-corrected chi connectivity index (χ1v) is 6.05. The van der Waals surface area contributed by atoms with Gasteiger partial charge in [0.2, 0.25) is 5.91 Å². The Morgan fingerprint density at radius 3 is 2.47 bits per heavy atom. The fourth-order valence-corrected chi connectivity index (χ4v) is 2.07. The van der Waals surface area contributed by atoms with Gasteiger partial charge in [-0.3, -0.25) is 9.59 Å². The molecule has 6 nitrogen and oxygen atoms in total. The van der Waals surface area contributed by atoms with E-state index >= 15 is 0 Å². The molecule has 0 aliphatic carbocycles. The second-order valence-electron chi connectivity index (χ2n) is 4.57. The molecule has 1 aliphatic heterocycles. The fraction of sp³-hybridized carbons (Fsp3) is 0.385. The Balaban J connectivity index is 2.26. The lowest BCUT2D eigenvalue weighted by Gasteiger charge is -2.20. The molecule has 1 aromatic carbocycles. The molecule has 102 valence electrons. The normalized spacial score (nSPS) is 16.4. The third-order valence-electron chi connectivity index (χ3n) is 3.19. The molecular weight excluding hydrogens is 248 g/mol. The van der Waals surface area contributed by atoms with Crippen molar-refractivity contribution in [2.45, 2.75) is 6.42 Å². The zero-order valence-electron chi connectivity index (χ0n) is 10.7. The summed E-state index contributed by atoms with van der Waals surface area (Å²) >= 11 is 0. The van der Waals surface area contributed by atoms with Crippen LogP contribution in [0.3, 0.4) is 0 Å². The maximum atomic E-state index is 12.3. The number of carbonyl (C=O) groups excluding carboxylic acids is 2. The lowest BCUT2D eigenvalue weighted by atomic mass is 10.1. The number of rotatable bonds is 1. The van der Waals surface area contributed by atoms with Crippen molar-refractivity contribution in [3.8, 4) is 11.5 Å². The van der Waals surface area contributed by atoms with Gasteiger partial charge in [-0.25, -0.2) is 0 Å². The minimum Gasteiger partial charge on any atom is -0.507 e. The van der Waals surface area contributed by atoms with E-state index in [1.807, 2.05) is 0 Å².